The summed E-state index contributed by atoms with van der Waals surface area (Å²) in [5, 5.41) is 17.1. The number of amides is 2. The molecule has 17 heavy (non-hydrogen) atoms. The summed E-state index contributed by atoms with van der Waals surface area (Å²) in [4.78, 5) is 29.4. The zero-order chi connectivity index (χ0) is 12.5. The number of H-pyrrole nitrogens is 1. The molecule has 2 amide bonds. The molecule has 9 heteroatoms. The Morgan fingerprint density at radius 1 is 1.53 bits per heavy atom. The van der Waals surface area contributed by atoms with Gasteiger partial charge in [0, 0.05) is 13.0 Å². The Hall–Kier alpha value is -2.16. The summed E-state index contributed by atoms with van der Waals surface area (Å²) in [5.74, 6) is -0.412. The number of hydroxylamine groups is 1. The van der Waals surface area contributed by atoms with Gasteiger partial charge < -0.3 is 10.4 Å². The third-order valence-corrected chi connectivity index (χ3v) is 1.70. The van der Waals surface area contributed by atoms with E-state index < -0.39 is 18.6 Å². The van der Waals surface area contributed by atoms with E-state index in [1.54, 1.807) is 0 Å². The van der Waals surface area contributed by atoms with Gasteiger partial charge in [-0.25, -0.2) is 20.1 Å². The Kier molecular flexibility index (Phi) is 5.44. The van der Waals surface area contributed by atoms with Crippen LogP contribution >= 0.6 is 0 Å². The van der Waals surface area contributed by atoms with E-state index in [0.29, 0.717) is 19.4 Å². The fraction of sp³-hybridized carbons (Fsp3) is 0.500. The van der Waals surface area contributed by atoms with Crippen molar-refractivity contribution in [2.24, 2.45) is 0 Å². The second-order valence-electron chi connectivity index (χ2n) is 3.08. The summed E-state index contributed by atoms with van der Waals surface area (Å²) < 4.78 is 0. The van der Waals surface area contributed by atoms with Gasteiger partial charge in [0.1, 0.15) is 12.2 Å². The third-order valence-electron chi connectivity index (χ3n) is 1.70. The van der Waals surface area contributed by atoms with Crippen LogP contribution in [0.15, 0.2) is 6.33 Å². The van der Waals surface area contributed by atoms with Crippen molar-refractivity contribution in [2.75, 3.05) is 13.2 Å². The highest BCUT2D eigenvalue weighted by Gasteiger charge is 2.02. The first-order valence-corrected chi connectivity index (χ1v) is 4.90. The molecule has 0 unspecified atom stereocenters. The van der Waals surface area contributed by atoms with Crippen molar-refractivity contribution in [1.82, 2.24) is 26.0 Å². The van der Waals surface area contributed by atoms with Gasteiger partial charge in [-0.15, -0.1) is 0 Å². The molecule has 0 saturated heterocycles. The highest BCUT2D eigenvalue weighted by atomic mass is 16.7. The van der Waals surface area contributed by atoms with Crippen LogP contribution in [0.5, 0.6) is 0 Å². The van der Waals surface area contributed by atoms with E-state index >= 15 is 0 Å². The fourth-order valence-electron chi connectivity index (χ4n) is 1.01. The van der Waals surface area contributed by atoms with Gasteiger partial charge in [-0.05, 0) is 6.42 Å². The summed E-state index contributed by atoms with van der Waals surface area (Å²) in [6.45, 7) is -0.158. The van der Waals surface area contributed by atoms with Gasteiger partial charge >= 0.3 is 12.0 Å². The maximum atomic E-state index is 11.0. The number of carbonyl (C=O) groups is 2. The van der Waals surface area contributed by atoms with Crippen LogP contribution in [-0.2, 0) is 16.1 Å². The lowest BCUT2D eigenvalue weighted by atomic mass is 10.3. The number of aromatic nitrogens is 3. The van der Waals surface area contributed by atoms with Gasteiger partial charge in [0.15, 0.2) is 6.61 Å². The van der Waals surface area contributed by atoms with E-state index in [-0.39, 0.29) is 0 Å². The average Bonchev–Trinajstić information content (AvgIpc) is 2.76. The zero-order valence-corrected chi connectivity index (χ0v) is 8.97. The Bertz CT molecular complexity index is 353. The van der Waals surface area contributed by atoms with Crippen molar-refractivity contribution in [3.8, 4) is 0 Å². The number of carboxylic acids is 1. The quantitative estimate of drug-likeness (QED) is 0.361. The smallest absolute Gasteiger partial charge is 0.338 e. The minimum Gasteiger partial charge on any atom is -0.479 e. The second-order valence-corrected chi connectivity index (χ2v) is 3.08. The molecule has 0 bridgehead atoms. The molecular weight excluding hydrogens is 230 g/mol. The maximum Gasteiger partial charge on any atom is 0.338 e. The Balaban J connectivity index is 1.98. The van der Waals surface area contributed by atoms with Crippen LogP contribution in [0.4, 0.5) is 4.79 Å². The Morgan fingerprint density at radius 3 is 3.00 bits per heavy atom. The van der Waals surface area contributed by atoms with Gasteiger partial charge in [-0.3, -0.25) is 9.94 Å². The molecule has 9 nitrogen and oxygen atoms in total. The SMILES string of the molecule is O=C(O)CONC(=O)NCCCc1ncn[nH]1. The second kappa shape index (κ2) is 7.17. The highest BCUT2D eigenvalue weighted by molar-refractivity contribution is 5.73. The molecule has 0 aliphatic rings. The normalized spacial score (nSPS) is 9.88. The Labute approximate surface area is 96.5 Å². The largest absolute Gasteiger partial charge is 0.479 e. The van der Waals surface area contributed by atoms with Crippen LogP contribution in [0.3, 0.4) is 0 Å². The molecule has 94 valence electrons. The molecule has 0 atom stereocenters. The lowest BCUT2D eigenvalue weighted by molar-refractivity contribution is -0.144. The van der Waals surface area contributed by atoms with Gasteiger partial charge in [-0.1, -0.05) is 0 Å². The summed E-state index contributed by atoms with van der Waals surface area (Å²) in [5.41, 5.74) is 1.94. The number of hydrogen-bond acceptors (Lipinski definition) is 5. The lowest BCUT2D eigenvalue weighted by Gasteiger charge is -2.05. The number of nitrogens with one attached hydrogen (secondary N) is 3. The molecule has 1 aromatic rings. The number of urea groups is 1. The van der Waals surface area contributed by atoms with Crippen LogP contribution in [-0.4, -0.2) is 45.4 Å². The van der Waals surface area contributed by atoms with Gasteiger partial charge in [-0.2, -0.15) is 5.10 Å². The predicted molar refractivity (Wildman–Crippen MR) is 54.8 cm³/mol. The number of aliphatic carboxylic acids is 1. The van der Waals surface area contributed by atoms with E-state index in [9.17, 15) is 9.59 Å². The molecule has 0 aliphatic carbocycles. The molecule has 4 N–H and O–H groups in total. The summed E-state index contributed by atoms with van der Waals surface area (Å²) >= 11 is 0. The summed E-state index contributed by atoms with van der Waals surface area (Å²) in [7, 11) is 0. The van der Waals surface area contributed by atoms with Crippen LogP contribution in [0.2, 0.25) is 0 Å². The van der Waals surface area contributed by atoms with Gasteiger partial charge in [0.05, 0.1) is 0 Å². The molecule has 0 aliphatic heterocycles. The standard InChI is InChI=1S/C8H13N5O4/c14-7(15)4-17-13-8(16)9-3-1-2-6-10-5-11-12-6/h5H,1-4H2,(H,14,15)(H2,9,13,16)(H,10,11,12). The van der Waals surface area contributed by atoms with Crippen molar-refractivity contribution < 1.29 is 19.5 Å². The molecule has 0 saturated carbocycles. The first-order valence-electron chi connectivity index (χ1n) is 4.90. The van der Waals surface area contributed by atoms with Crippen molar-refractivity contribution in [3.05, 3.63) is 12.2 Å². The van der Waals surface area contributed by atoms with E-state index in [1.807, 2.05) is 5.48 Å². The molecule has 0 fully saturated rings. The molecule has 0 spiro atoms. The van der Waals surface area contributed by atoms with E-state index in [0.717, 1.165) is 5.82 Å². The molecule has 1 heterocycles. The van der Waals surface area contributed by atoms with E-state index in [4.69, 9.17) is 5.11 Å². The molecule has 1 aromatic heterocycles. The monoisotopic (exact) mass is 243 g/mol. The predicted octanol–water partition coefficient (Wildman–Crippen LogP) is -0.947. The van der Waals surface area contributed by atoms with Crippen LogP contribution < -0.4 is 10.8 Å². The first kappa shape index (κ1) is 12.9. The van der Waals surface area contributed by atoms with Crippen molar-refractivity contribution in [1.29, 1.82) is 0 Å². The molecular formula is C8H13N5O4. The summed E-state index contributed by atoms with van der Waals surface area (Å²) in [6.07, 6.45) is 2.76. The molecule has 0 radical (unpaired) electrons. The topological polar surface area (TPSA) is 129 Å². The third kappa shape index (κ3) is 6.10. The maximum absolute atomic E-state index is 11.0. The number of carbonyl (C=O) groups excluding carboxylic acids is 1. The van der Waals surface area contributed by atoms with Crippen LogP contribution in [0.25, 0.3) is 0 Å². The fourth-order valence-corrected chi connectivity index (χ4v) is 1.01. The highest BCUT2D eigenvalue weighted by Crippen LogP contribution is 1.91. The number of nitrogens with zero attached hydrogens (tertiary/aromatic N) is 2. The van der Waals surface area contributed by atoms with Crippen LogP contribution in [0, 0.1) is 0 Å². The van der Waals surface area contributed by atoms with Crippen molar-refractivity contribution >= 4 is 12.0 Å². The Morgan fingerprint density at radius 2 is 2.35 bits per heavy atom. The minimum absolute atomic E-state index is 0.420. The van der Waals surface area contributed by atoms with E-state index in [1.165, 1.54) is 6.33 Å². The minimum atomic E-state index is -1.16. The van der Waals surface area contributed by atoms with Crippen LogP contribution in [0.1, 0.15) is 12.2 Å². The number of rotatable bonds is 7. The number of aryl methyl sites for hydroxylation is 1. The van der Waals surface area contributed by atoms with Gasteiger partial charge in [0.25, 0.3) is 0 Å². The summed E-state index contributed by atoms with van der Waals surface area (Å²) in [6, 6.07) is -0.580. The molecule has 1 rings (SSSR count). The first-order chi connectivity index (χ1) is 8.18. The number of carboxylic acid groups (broad SMARTS) is 1. The molecule has 0 aromatic carbocycles. The zero-order valence-electron chi connectivity index (χ0n) is 8.97. The van der Waals surface area contributed by atoms with Crippen molar-refractivity contribution in [2.45, 2.75) is 12.8 Å². The number of hydrogen-bond donors (Lipinski definition) is 4. The van der Waals surface area contributed by atoms with Gasteiger partial charge in [0.2, 0.25) is 0 Å². The van der Waals surface area contributed by atoms with Crippen molar-refractivity contribution in [3.63, 3.8) is 0 Å². The lowest BCUT2D eigenvalue weighted by Crippen LogP contribution is -2.37. The number of aromatic amines is 1. The van der Waals surface area contributed by atoms with E-state index in [2.05, 4.69) is 25.3 Å². The average molecular weight is 243 g/mol.